The number of hydrogen-bond donors (Lipinski definition) is 0. The van der Waals surface area contributed by atoms with Gasteiger partial charge in [-0.1, -0.05) is 25.1 Å². The van der Waals surface area contributed by atoms with Crippen molar-refractivity contribution >= 4 is 11.9 Å². The molecule has 2 aromatic carbocycles. The highest BCUT2D eigenvalue weighted by Crippen LogP contribution is 2.15. The molecule has 0 bridgehead atoms. The summed E-state index contributed by atoms with van der Waals surface area (Å²) < 4.78 is 10.2. The number of carbonyl (C=O) groups is 2. The zero-order chi connectivity index (χ0) is 15.1. The molecule has 21 heavy (non-hydrogen) atoms. The van der Waals surface area contributed by atoms with Crippen LogP contribution in [0.4, 0.5) is 0 Å². The van der Waals surface area contributed by atoms with Gasteiger partial charge in [-0.2, -0.15) is 0 Å². The Morgan fingerprint density at radius 3 is 2.10 bits per heavy atom. The highest BCUT2D eigenvalue weighted by Gasteiger charge is 2.10. The molecule has 4 nitrogen and oxygen atoms in total. The third-order valence-electron chi connectivity index (χ3n) is 2.75. The summed E-state index contributed by atoms with van der Waals surface area (Å²) >= 11 is 0. The first-order chi connectivity index (χ1) is 10.2. The zero-order valence-electron chi connectivity index (χ0n) is 11.7. The van der Waals surface area contributed by atoms with Gasteiger partial charge in [-0.05, 0) is 42.8 Å². The molecule has 0 aromatic heterocycles. The fourth-order valence-corrected chi connectivity index (χ4v) is 1.68. The summed E-state index contributed by atoms with van der Waals surface area (Å²) in [5, 5.41) is 0. The van der Waals surface area contributed by atoms with Crippen LogP contribution in [-0.4, -0.2) is 18.5 Å². The number of rotatable bonds is 5. The average molecular weight is 284 g/mol. The second-order valence-corrected chi connectivity index (χ2v) is 4.42. The lowest BCUT2D eigenvalue weighted by Gasteiger charge is -2.06. The van der Waals surface area contributed by atoms with Crippen LogP contribution in [0, 0.1) is 0 Å². The number of ether oxygens (including phenoxy) is 2. The van der Waals surface area contributed by atoms with Crippen molar-refractivity contribution in [2.45, 2.75) is 13.3 Å². The van der Waals surface area contributed by atoms with Gasteiger partial charge >= 0.3 is 11.9 Å². The van der Waals surface area contributed by atoms with E-state index in [0.29, 0.717) is 23.5 Å². The molecule has 0 aliphatic rings. The molecule has 0 aliphatic carbocycles. The van der Waals surface area contributed by atoms with Crippen molar-refractivity contribution in [3.63, 3.8) is 0 Å². The van der Waals surface area contributed by atoms with Crippen molar-refractivity contribution in [2.24, 2.45) is 0 Å². The molecule has 108 valence electrons. The summed E-state index contributed by atoms with van der Waals surface area (Å²) in [4.78, 5) is 23.5. The number of hydrogen-bond acceptors (Lipinski definition) is 4. The molecule has 0 fully saturated rings. The molecule has 0 saturated carbocycles. The molecule has 0 aliphatic heterocycles. The zero-order valence-corrected chi connectivity index (χ0v) is 11.7. The van der Waals surface area contributed by atoms with Crippen molar-refractivity contribution in [3.05, 3.63) is 65.7 Å². The van der Waals surface area contributed by atoms with E-state index in [4.69, 9.17) is 9.47 Å². The van der Waals surface area contributed by atoms with Crippen molar-refractivity contribution < 1.29 is 19.1 Å². The summed E-state index contributed by atoms with van der Waals surface area (Å²) in [6, 6.07) is 15.0. The first-order valence-electron chi connectivity index (χ1n) is 6.75. The minimum Gasteiger partial charge on any atom is -0.462 e. The van der Waals surface area contributed by atoms with Crippen LogP contribution in [0.2, 0.25) is 0 Å². The molecular formula is C17H16O4. The van der Waals surface area contributed by atoms with Gasteiger partial charge in [-0.15, -0.1) is 0 Å². The highest BCUT2D eigenvalue weighted by atomic mass is 16.5. The summed E-state index contributed by atoms with van der Waals surface area (Å²) in [6.45, 7) is 2.32. The van der Waals surface area contributed by atoms with Crippen LogP contribution in [0.3, 0.4) is 0 Å². The predicted octanol–water partition coefficient (Wildman–Crippen LogP) is 3.47. The second kappa shape index (κ2) is 7.24. The maximum Gasteiger partial charge on any atom is 0.343 e. The summed E-state index contributed by atoms with van der Waals surface area (Å²) in [5.74, 6) is -0.425. The molecule has 0 spiro atoms. The lowest BCUT2D eigenvalue weighted by molar-refractivity contribution is 0.0505. The maximum atomic E-state index is 11.9. The largest absolute Gasteiger partial charge is 0.462 e. The van der Waals surface area contributed by atoms with E-state index in [1.165, 1.54) is 0 Å². The van der Waals surface area contributed by atoms with Gasteiger partial charge in [0.25, 0.3) is 0 Å². The normalized spacial score (nSPS) is 9.95. The Balaban J connectivity index is 1.99. The first-order valence-corrected chi connectivity index (χ1v) is 6.75. The topological polar surface area (TPSA) is 52.6 Å². The number of esters is 2. The fraction of sp³-hybridized carbons (Fsp3) is 0.176. The Bertz CT molecular complexity index is 602. The molecule has 0 amide bonds. The molecule has 0 radical (unpaired) electrons. The maximum absolute atomic E-state index is 11.9. The van der Waals surface area contributed by atoms with Gasteiger partial charge in [0, 0.05) is 0 Å². The summed E-state index contributed by atoms with van der Waals surface area (Å²) in [7, 11) is 0. The SMILES string of the molecule is CCCOC(=O)c1ccc(OC(=O)c2ccccc2)cc1. The molecule has 0 N–H and O–H groups in total. The summed E-state index contributed by atoms with van der Waals surface area (Å²) in [5.41, 5.74) is 0.909. The predicted molar refractivity (Wildman–Crippen MR) is 78.4 cm³/mol. The smallest absolute Gasteiger partial charge is 0.343 e. The van der Waals surface area contributed by atoms with Crippen LogP contribution in [-0.2, 0) is 4.74 Å². The Morgan fingerprint density at radius 1 is 0.857 bits per heavy atom. The third-order valence-corrected chi connectivity index (χ3v) is 2.75. The van der Waals surface area contributed by atoms with Gasteiger partial charge in [0.2, 0.25) is 0 Å². The number of carbonyl (C=O) groups excluding carboxylic acids is 2. The molecule has 4 heteroatoms. The van der Waals surface area contributed by atoms with E-state index in [-0.39, 0.29) is 5.97 Å². The monoisotopic (exact) mass is 284 g/mol. The van der Waals surface area contributed by atoms with Crippen molar-refractivity contribution in [1.82, 2.24) is 0 Å². The quantitative estimate of drug-likeness (QED) is 0.623. The van der Waals surface area contributed by atoms with E-state index in [9.17, 15) is 9.59 Å². The van der Waals surface area contributed by atoms with Crippen LogP contribution in [0.1, 0.15) is 34.1 Å². The van der Waals surface area contributed by atoms with E-state index < -0.39 is 5.97 Å². The number of benzene rings is 2. The molecule has 2 rings (SSSR count). The van der Waals surface area contributed by atoms with Crippen LogP contribution in [0.25, 0.3) is 0 Å². The third kappa shape index (κ3) is 4.18. The van der Waals surface area contributed by atoms with E-state index in [1.807, 2.05) is 13.0 Å². The molecule has 2 aromatic rings. The van der Waals surface area contributed by atoms with Gasteiger partial charge < -0.3 is 9.47 Å². The van der Waals surface area contributed by atoms with Gasteiger partial charge in [0.05, 0.1) is 17.7 Å². The molecular weight excluding hydrogens is 268 g/mol. The summed E-state index contributed by atoms with van der Waals surface area (Å²) in [6.07, 6.45) is 0.776. The van der Waals surface area contributed by atoms with Crippen molar-refractivity contribution in [3.8, 4) is 5.75 Å². The van der Waals surface area contributed by atoms with Gasteiger partial charge in [-0.25, -0.2) is 9.59 Å². The van der Waals surface area contributed by atoms with Gasteiger partial charge in [-0.3, -0.25) is 0 Å². The van der Waals surface area contributed by atoms with Crippen molar-refractivity contribution in [2.75, 3.05) is 6.61 Å². The Morgan fingerprint density at radius 2 is 1.48 bits per heavy atom. The van der Waals surface area contributed by atoms with Crippen LogP contribution in [0.15, 0.2) is 54.6 Å². The van der Waals surface area contributed by atoms with Crippen LogP contribution < -0.4 is 4.74 Å². The van der Waals surface area contributed by atoms with Crippen LogP contribution in [0.5, 0.6) is 5.75 Å². The fourth-order valence-electron chi connectivity index (χ4n) is 1.68. The minimum atomic E-state index is -0.433. The van der Waals surface area contributed by atoms with Gasteiger partial charge in [0.1, 0.15) is 5.75 Å². The van der Waals surface area contributed by atoms with E-state index in [2.05, 4.69) is 0 Å². The molecule has 0 atom stereocenters. The highest BCUT2D eigenvalue weighted by molar-refractivity contribution is 5.91. The average Bonchev–Trinajstić information content (AvgIpc) is 2.54. The minimum absolute atomic E-state index is 0.377. The second-order valence-electron chi connectivity index (χ2n) is 4.42. The van der Waals surface area contributed by atoms with E-state index >= 15 is 0 Å². The van der Waals surface area contributed by atoms with Crippen LogP contribution >= 0.6 is 0 Å². The van der Waals surface area contributed by atoms with E-state index in [1.54, 1.807) is 48.5 Å². The standard InChI is InChI=1S/C17H16O4/c1-2-12-20-16(18)14-8-10-15(11-9-14)21-17(19)13-6-4-3-5-7-13/h3-11H,2,12H2,1H3. The first kappa shape index (κ1) is 14.8. The Labute approximate surface area is 123 Å². The molecule has 0 saturated heterocycles. The Kier molecular flexibility index (Phi) is 5.10. The molecule has 0 unspecified atom stereocenters. The molecule has 0 heterocycles. The lowest BCUT2D eigenvalue weighted by Crippen LogP contribution is -2.09. The Hall–Kier alpha value is -2.62. The van der Waals surface area contributed by atoms with E-state index in [0.717, 1.165) is 6.42 Å². The van der Waals surface area contributed by atoms with Gasteiger partial charge in [0.15, 0.2) is 0 Å². The lowest BCUT2D eigenvalue weighted by atomic mass is 10.2. The van der Waals surface area contributed by atoms with Crippen molar-refractivity contribution in [1.29, 1.82) is 0 Å².